The Morgan fingerprint density at radius 3 is 2.82 bits per heavy atom. The molecule has 17 heavy (non-hydrogen) atoms. The van der Waals surface area contributed by atoms with Gasteiger partial charge in [0.2, 0.25) is 0 Å². The van der Waals surface area contributed by atoms with Gasteiger partial charge in [0.1, 0.15) is 12.1 Å². The van der Waals surface area contributed by atoms with Crippen LogP contribution in [0.2, 0.25) is 0 Å². The first-order chi connectivity index (χ1) is 7.97. The van der Waals surface area contributed by atoms with E-state index in [-0.39, 0.29) is 6.54 Å². The van der Waals surface area contributed by atoms with E-state index in [0.29, 0.717) is 11.6 Å². The summed E-state index contributed by atoms with van der Waals surface area (Å²) >= 11 is 0. The minimum absolute atomic E-state index is 0.134. The zero-order valence-electron chi connectivity index (χ0n) is 10.0. The van der Waals surface area contributed by atoms with E-state index in [2.05, 4.69) is 4.98 Å². The highest BCUT2D eigenvalue weighted by molar-refractivity contribution is 5.79. The lowest BCUT2D eigenvalue weighted by atomic mass is 10.1. The number of hydrogen-bond acceptors (Lipinski definition) is 4. The van der Waals surface area contributed by atoms with Gasteiger partial charge in [0.05, 0.1) is 0 Å². The molecule has 2 aromatic rings. The average Bonchev–Trinajstić information content (AvgIpc) is 2.60. The molecule has 0 radical (unpaired) electrons. The lowest BCUT2D eigenvalue weighted by molar-refractivity contribution is -0.135. The number of rotatable bonds is 3. The second-order valence-corrected chi connectivity index (χ2v) is 4.18. The number of likely N-dealkylation sites (N-methyl/N-ethyl adjacent to an activating group) is 1. The average molecular weight is 234 g/mol. The molecule has 0 spiro atoms. The molecule has 0 aliphatic carbocycles. The highest BCUT2D eigenvalue weighted by Crippen LogP contribution is 2.25. The van der Waals surface area contributed by atoms with Gasteiger partial charge in [-0.25, -0.2) is 0 Å². The van der Waals surface area contributed by atoms with Crippen LogP contribution < -0.4 is 4.90 Å². The highest BCUT2D eigenvalue weighted by Gasteiger charge is 2.14. The normalized spacial score (nSPS) is 10.8. The van der Waals surface area contributed by atoms with Crippen LogP contribution in [0.15, 0.2) is 16.5 Å². The number of oxazole rings is 1. The van der Waals surface area contributed by atoms with Gasteiger partial charge in [0.15, 0.2) is 5.58 Å². The molecule has 0 aliphatic heterocycles. The third kappa shape index (κ3) is 2.22. The number of benzene rings is 1. The second-order valence-electron chi connectivity index (χ2n) is 4.18. The van der Waals surface area contributed by atoms with Crippen LogP contribution >= 0.6 is 0 Å². The molecule has 5 heteroatoms. The van der Waals surface area contributed by atoms with E-state index in [0.717, 1.165) is 16.6 Å². The van der Waals surface area contributed by atoms with Crippen molar-refractivity contribution in [1.29, 1.82) is 0 Å². The molecule has 0 bridgehead atoms. The van der Waals surface area contributed by atoms with E-state index in [1.807, 2.05) is 26.0 Å². The smallest absolute Gasteiger partial charge is 0.323 e. The maximum atomic E-state index is 10.6. The molecular formula is C12H14N2O3. The van der Waals surface area contributed by atoms with E-state index < -0.39 is 5.97 Å². The molecule has 5 nitrogen and oxygen atoms in total. The number of carboxylic acids is 1. The summed E-state index contributed by atoms with van der Waals surface area (Å²) in [5.74, 6) is -0.914. The molecule has 1 aromatic heterocycles. The second kappa shape index (κ2) is 4.08. The Labute approximate surface area is 98.7 Å². The predicted molar refractivity (Wildman–Crippen MR) is 64.4 cm³/mol. The maximum Gasteiger partial charge on any atom is 0.323 e. The lowest BCUT2D eigenvalue weighted by Crippen LogP contribution is -2.25. The number of aliphatic carboxylic acids is 1. The fraction of sp³-hybridized carbons (Fsp3) is 0.333. The Morgan fingerprint density at radius 2 is 2.18 bits per heavy atom. The van der Waals surface area contributed by atoms with Gasteiger partial charge in [-0.3, -0.25) is 4.79 Å². The van der Waals surface area contributed by atoms with E-state index in [1.54, 1.807) is 7.05 Å². The fourth-order valence-corrected chi connectivity index (χ4v) is 1.80. The van der Waals surface area contributed by atoms with Crippen molar-refractivity contribution in [1.82, 2.24) is 4.98 Å². The first-order valence-corrected chi connectivity index (χ1v) is 5.28. The molecule has 1 heterocycles. The van der Waals surface area contributed by atoms with Gasteiger partial charge in [-0.2, -0.15) is 4.98 Å². The van der Waals surface area contributed by atoms with Crippen molar-refractivity contribution in [2.24, 2.45) is 0 Å². The van der Waals surface area contributed by atoms with Crippen LogP contribution in [0, 0.1) is 13.8 Å². The lowest BCUT2D eigenvalue weighted by Gasteiger charge is -2.09. The Morgan fingerprint density at radius 1 is 1.47 bits per heavy atom. The monoisotopic (exact) mass is 234 g/mol. The van der Waals surface area contributed by atoms with Crippen LogP contribution in [-0.4, -0.2) is 29.7 Å². The van der Waals surface area contributed by atoms with Crippen LogP contribution in [-0.2, 0) is 4.79 Å². The number of aryl methyl sites for hydroxylation is 2. The van der Waals surface area contributed by atoms with Crippen molar-refractivity contribution in [3.63, 3.8) is 0 Å². The van der Waals surface area contributed by atoms with Crippen LogP contribution in [0.1, 0.15) is 11.1 Å². The molecule has 0 fully saturated rings. The summed E-state index contributed by atoms with van der Waals surface area (Å²) in [7, 11) is 1.64. The first-order valence-electron chi connectivity index (χ1n) is 5.28. The molecule has 0 saturated carbocycles. The van der Waals surface area contributed by atoms with Gasteiger partial charge in [-0.05, 0) is 31.0 Å². The summed E-state index contributed by atoms with van der Waals surface area (Å²) < 4.78 is 5.57. The van der Waals surface area contributed by atoms with Gasteiger partial charge in [-0.1, -0.05) is 6.07 Å². The number of nitrogens with zero attached hydrogens (tertiary/aromatic N) is 2. The number of carbonyl (C=O) groups is 1. The molecule has 0 unspecified atom stereocenters. The fourth-order valence-electron chi connectivity index (χ4n) is 1.80. The van der Waals surface area contributed by atoms with E-state index in [9.17, 15) is 4.79 Å². The van der Waals surface area contributed by atoms with E-state index >= 15 is 0 Å². The van der Waals surface area contributed by atoms with Gasteiger partial charge >= 0.3 is 5.97 Å². The van der Waals surface area contributed by atoms with Crippen molar-refractivity contribution in [3.8, 4) is 0 Å². The minimum atomic E-state index is -0.914. The van der Waals surface area contributed by atoms with Crippen LogP contribution in [0.4, 0.5) is 6.01 Å². The predicted octanol–water partition coefficient (Wildman–Crippen LogP) is 1.97. The Bertz CT molecular complexity index is 574. The van der Waals surface area contributed by atoms with E-state index in [4.69, 9.17) is 9.52 Å². The summed E-state index contributed by atoms with van der Waals surface area (Å²) in [6.07, 6.45) is 0. The quantitative estimate of drug-likeness (QED) is 0.879. The molecule has 0 aliphatic rings. The van der Waals surface area contributed by atoms with Crippen molar-refractivity contribution in [2.75, 3.05) is 18.5 Å². The van der Waals surface area contributed by atoms with Gasteiger partial charge < -0.3 is 14.4 Å². The van der Waals surface area contributed by atoms with Crippen molar-refractivity contribution >= 4 is 23.1 Å². The van der Waals surface area contributed by atoms with Gasteiger partial charge in [0.25, 0.3) is 6.01 Å². The minimum Gasteiger partial charge on any atom is -0.480 e. The van der Waals surface area contributed by atoms with Gasteiger partial charge in [-0.15, -0.1) is 0 Å². The summed E-state index contributed by atoms with van der Waals surface area (Å²) in [5, 5.41) is 8.71. The molecule has 0 saturated heterocycles. The third-order valence-electron chi connectivity index (χ3n) is 2.51. The number of anilines is 1. The largest absolute Gasteiger partial charge is 0.480 e. The van der Waals surface area contributed by atoms with Crippen molar-refractivity contribution in [2.45, 2.75) is 13.8 Å². The Balaban J connectivity index is 2.44. The third-order valence-corrected chi connectivity index (χ3v) is 2.51. The SMILES string of the molecule is Cc1cc(C)c2oc(N(C)CC(=O)O)nc2c1. The molecule has 1 N–H and O–H groups in total. The van der Waals surface area contributed by atoms with Crippen LogP contribution in [0.5, 0.6) is 0 Å². The molecule has 1 aromatic carbocycles. The van der Waals surface area contributed by atoms with Gasteiger partial charge in [0, 0.05) is 7.05 Å². The number of carboxylic acid groups (broad SMARTS) is 1. The highest BCUT2D eigenvalue weighted by atomic mass is 16.4. The molecule has 2 rings (SSSR count). The maximum absolute atomic E-state index is 10.6. The zero-order valence-corrected chi connectivity index (χ0v) is 10.0. The Hall–Kier alpha value is -2.04. The number of fused-ring (bicyclic) bond motifs is 1. The summed E-state index contributed by atoms with van der Waals surface area (Å²) in [4.78, 5) is 16.4. The van der Waals surface area contributed by atoms with Crippen LogP contribution in [0.3, 0.4) is 0 Å². The number of hydrogen-bond donors (Lipinski definition) is 1. The van der Waals surface area contributed by atoms with E-state index in [1.165, 1.54) is 4.90 Å². The summed E-state index contributed by atoms with van der Waals surface area (Å²) in [6.45, 7) is 3.80. The standard InChI is InChI=1S/C12H14N2O3/c1-7-4-8(2)11-9(5-7)13-12(17-11)14(3)6-10(15)16/h4-5H,6H2,1-3H3,(H,15,16). The van der Waals surface area contributed by atoms with Crippen molar-refractivity contribution in [3.05, 3.63) is 23.3 Å². The zero-order chi connectivity index (χ0) is 12.6. The Kier molecular flexibility index (Phi) is 2.75. The van der Waals surface area contributed by atoms with Crippen molar-refractivity contribution < 1.29 is 14.3 Å². The molecule has 90 valence electrons. The summed E-state index contributed by atoms with van der Waals surface area (Å²) in [6, 6.07) is 4.26. The first kappa shape index (κ1) is 11.4. The molecule has 0 amide bonds. The number of aromatic nitrogens is 1. The topological polar surface area (TPSA) is 66.6 Å². The molecular weight excluding hydrogens is 220 g/mol. The summed E-state index contributed by atoms with van der Waals surface area (Å²) in [5.41, 5.74) is 3.58. The van der Waals surface area contributed by atoms with Crippen LogP contribution in [0.25, 0.3) is 11.1 Å². The molecule has 0 atom stereocenters.